The normalized spacial score (nSPS) is 17.4. The van der Waals surface area contributed by atoms with Crippen molar-refractivity contribution < 1.29 is 9.59 Å². The molecule has 2 rings (SSSR count). The fourth-order valence-electron chi connectivity index (χ4n) is 2.01. The van der Waals surface area contributed by atoms with Crippen LogP contribution in [0.15, 0.2) is 24.3 Å². The zero-order valence-corrected chi connectivity index (χ0v) is 9.91. The Morgan fingerprint density at radius 2 is 2.00 bits per heavy atom. The first kappa shape index (κ1) is 11.1. The number of alkyl halides is 1. The van der Waals surface area contributed by atoms with E-state index >= 15 is 0 Å². The van der Waals surface area contributed by atoms with Gasteiger partial charge < -0.3 is 0 Å². The lowest BCUT2D eigenvalue weighted by atomic mass is 9.86. The topological polar surface area (TPSA) is 37.4 Å². The van der Waals surface area contributed by atoms with Gasteiger partial charge in [0, 0.05) is 0 Å². The van der Waals surface area contributed by atoms with Crippen LogP contribution in [0, 0.1) is 0 Å². The lowest BCUT2D eigenvalue weighted by Gasteiger charge is -2.17. The first-order chi connectivity index (χ1) is 7.50. The highest BCUT2D eigenvalue weighted by molar-refractivity contribution is 6.34. The van der Waals surface area contributed by atoms with Crippen LogP contribution in [0.5, 0.6) is 0 Å². The number of para-hydroxylation sites is 1. The monoisotopic (exact) mass is 237 g/mol. The highest BCUT2D eigenvalue weighted by Crippen LogP contribution is 2.41. The van der Waals surface area contributed by atoms with Gasteiger partial charge >= 0.3 is 0 Å². The van der Waals surface area contributed by atoms with Gasteiger partial charge in [-0.15, -0.1) is 11.6 Å². The molecular weight excluding hydrogens is 226 g/mol. The summed E-state index contributed by atoms with van der Waals surface area (Å²) in [5.74, 6) is -0.764. The van der Waals surface area contributed by atoms with E-state index in [1.807, 2.05) is 32.0 Å². The standard InChI is InChI=1S/C12H12ClNO2/c1-12(2)8-5-3-4-6-9(8)14(11(12)16)10(15)7-13/h3-6H,7H2,1-2H3. The maximum Gasteiger partial charge on any atom is 0.248 e. The van der Waals surface area contributed by atoms with Crippen molar-refractivity contribution in [1.82, 2.24) is 0 Å². The van der Waals surface area contributed by atoms with Crippen molar-refractivity contribution >= 4 is 29.1 Å². The van der Waals surface area contributed by atoms with Crippen LogP contribution >= 0.6 is 11.6 Å². The van der Waals surface area contributed by atoms with Crippen LogP contribution in [0.25, 0.3) is 0 Å². The van der Waals surface area contributed by atoms with E-state index in [1.54, 1.807) is 6.07 Å². The Morgan fingerprint density at radius 1 is 1.38 bits per heavy atom. The molecule has 2 amide bonds. The zero-order valence-electron chi connectivity index (χ0n) is 9.16. The average molecular weight is 238 g/mol. The highest BCUT2D eigenvalue weighted by atomic mass is 35.5. The molecular formula is C12H12ClNO2. The Balaban J connectivity index is 2.60. The summed E-state index contributed by atoms with van der Waals surface area (Å²) in [6.07, 6.45) is 0. The Kier molecular flexibility index (Phi) is 2.50. The number of benzene rings is 1. The van der Waals surface area contributed by atoms with Crippen LogP contribution in [0.1, 0.15) is 19.4 Å². The molecule has 0 aromatic heterocycles. The van der Waals surface area contributed by atoms with Crippen LogP contribution in [0.3, 0.4) is 0 Å². The summed E-state index contributed by atoms with van der Waals surface area (Å²) in [5.41, 5.74) is 0.875. The van der Waals surface area contributed by atoms with E-state index in [1.165, 1.54) is 4.90 Å². The fourth-order valence-corrected chi connectivity index (χ4v) is 2.13. The first-order valence-corrected chi connectivity index (χ1v) is 5.56. The van der Waals surface area contributed by atoms with Crippen LogP contribution in [0.4, 0.5) is 5.69 Å². The van der Waals surface area contributed by atoms with Crippen molar-refractivity contribution in [2.24, 2.45) is 0 Å². The van der Waals surface area contributed by atoms with E-state index in [0.29, 0.717) is 5.69 Å². The third-order valence-electron chi connectivity index (χ3n) is 2.92. The number of amides is 2. The van der Waals surface area contributed by atoms with Gasteiger partial charge in [-0.1, -0.05) is 18.2 Å². The molecule has 1 aliphatic heterocycles. The molecule has 0 unspecified atom stereocenters. The molecule has 0 spiro atoms. The summed E-state index contributed by atoms with van der Waals surface area (Å²) in [6, 6.07) is 7.31. The van der Waals surface area contributed by atoms with E-state index in [-0.39, 0.29) is 17.7 Å². The lowest BCUT2D eigenvalue weighted by Crippen LogP contribution is -2.40. The van der Waals surface area contributed by atoms with Crippen molar-refractivity contribution in [2.75, 3.05) is 10.8 Å². The maximum absolute atomic E-state index is 12.1. The fraction of sp³-hybridized carbons (Fsp3) is 0.333. The molecule has 16 heavy (non-hydrogen) atoms. The molecule has 4 heteroatoms. The molecule has 3 nitrogen and oxygen atoms in total. The minimum Gasteiger partial charge on any atom is -0.273 e. The summed E-state index contributed by atoms with van der Waals surface area (Å²) >= 11 is 5.51. The number of hydrogen-bond acceptors (Lipinski definition) is 2. The minimum absolute atomic E-state index is 0.184. The molecule has 1 heterocycles. The Bertz CT molecular complexity index is 468. The van der Waals surface area contributed by atoms with Gasteiger partial charge in [0.05, 0.1) is 11.1 Å². The molecule has 0 atom stereocenters. The zero-order chi connectivity index (χ0) is 11.9. The Hall–Kier alpha value is -1.35. The van der Waals surface area contributed by atoms with Crippen molar-refractivity contribution in [3.8, 4) is 0 Å². The van der Waals surface area contributed by atoms with Gasteiger partial charge in [-0.25, -0.2) is 4.90 Å². The smallest absolute Gasteiger partial charge is 0.248 e. The van der Waals surface area contributed by atoms with Gasteiger partial charge in [0.2, 0.25) is 11.8 Å². The molecule has 1 aliphatic rings. The second kappa shape index (κ2) is 3.59. The van der Waals surface area contributed by atoms with E-state index in [9.17, 15) is 9.59 Å². The number of carbonyl (C=O) groups excluding carboxylic acids is 2. The third kappa shape index (κ3) is 1.35. The third-order valence-corrected chi connectivity index (χ3v) is 3.15. The lowest BCUT2D eigenvalue weighted by molar-refractivity contribution is -0.127. The Morgan fingerprint density at radius 3 is 2.62 bits per heavy atom. The molecule has 84 valence electrons. The van der Waals surface area contributed by atoms with Crippen molar-refractivity contribution in [3.63, 3.8) is 0 Å². The van der Waals surface area contributed by atoms with E-state index in [2.05, 4.69) is 0 Å². The number of halogens is 1. The minimum atomic E-state index is -0.654. The molecule has 0 bridgehead atoms. The van der Waals surface area contributed by atoms with Gasteiger partial charge in [0.15, 0.2) is 0 Å². The van der Waals surface area contributed by atoms with E-state index in [0.717, 1.165) is 5.56 Å². The second-order valence-corrected chi connectivity index (χ2v) is 4.58. The molecule has 0 N–H and O–H groups in total. The molecule has 0 aliphatic carbocycles. The number of carbonyl (C=O) groups is 2. The van der Waals surface area contributed by atoms with Gasteiger partial charge in [0.1, 0.15) is 5.88 Å². The number of rotatable bonds is 1. The largest absolute Gasteiger partial charge is 0.273 e. The second-order valence-electron chi connectivity index (χ2n) is 4.31. The van der Waals surface area contributed by atoms with Crippen molar-refractivity contribution in [2.45, 2.75) is 19.3 Å². The van der Waals surface area contributed by atoms with Crippen LogP contribution in [-0.4, -0.2) is 17.7 Å². The number of nitrogens with zero attached hydrogens (tertiary/aromatic N) is 1. The molecule has 0 fully saturated rings. The highest BCUT2D eigenvalue weighted by Gasteiger charge is 2.45. The van der Waals surface area contributed by atoms with Crippen molar-refractivity contribution in [1.29, 1.82) is 0 Å². The molecule has 0 radical (unpaired) electrons. The average Bonchev–Trinajstić information content (AvgIpc) is 2.48. The van der Waals surface area contributed by atoms with Crippen LogP contribution < -0.4 is 4.90 Å². The maximum atomic E-state index is 12.1. The predicted molar refractivity (Wildman–Crippen MR) is 62.7 cm³/mol. The summed E-state index contributed by atoms with van der Waals surface area (Å²) in [4.78, 5) is 25.0. The van der Waals surface area contributed by atoms with Gasteiger partial charge in [-0.05, 0) is 25.5 Å². The van der Waals surface area contributed by atoms with Crippen LogP contribution in [0.2, 0.25) is 0 Å². The number of fused-ring (bicyclic) bond motifs is 1. The molecule has 1 aromatic rings. The molecule has 1 aromatic carbocycles. The summed E-state index contributed by atoms with van der Waals surface area (Å²) in [6.45, 7) is 3.63. The summed E-state index contributed by atoms with van der Waals surface area (Å²) in [7, 11) is 0. The SMILES string of the molecule is CC1(C)C(=O)N(C(=O)CCl)c2ccccc21. The molecule has 0 saturated carbocycles. The van der Waals surface area contributed by atoms with Gasteiger partial charge in [-0.2, -0.15) is 0 Å². The number of imide groups is 1. The van der Waals surface area contributed by atoms with Crippen LogP contribution in [-0.2, 0) is 15.0 Å². The molecule has 0 saturated heterocycles. The van der Waals surface area contributed by atoms with Gasteiger partial charge in [0.25, 0.3) is 0 Å². The number of anilines is 1. The van der Waals surface area contributed by atoms with E-state index in [4.69, 9.17) is 11.6 Å². The first-order valence-electron chi connectivity index (χ1n) is 5.03. The summed E-state index contributed by atoms with van der Waals surface area (Å²) < 4.78 is 0. The van der Waals surface area contributed by atoms with E-state index < -0.39 is 5.41 Å². The quantitative estimate of drug-likeness (QED) is 0.702. The van der Waals surface area contributed by atoms with Crippen molar-refractivity contribution in [3.05, 3.63) is 29.8 Å². The summed E-state index contributed by atoms with van der Waals surface area (Å²) in [5, 5.41) is 0. The predicted octanol–water partition coefficient (Wildman–Crippen LogP) is 2.08. The number of hydrogen-bond donors (Lipinski definition) is 0. The Labute approximate surface area is 99.0 Å². The van der Waals surface area contributed by atoms with Gasteiger partial charge in [-0.3, -0.25) is 9.59 Å².